The van der Waals surface area contributed by atoms with E-state index in [1.54, 1.807) is 0 Å². The Balaban J connectivity index is 1.39. The second-order valence-corrected chi connectivity index (χ2v) is 9.60. The minimum Gasteiger partial charge on any atom is -0.455 e. The van der Waals surface area contributed by atoms with Crippen molar-refractivity contribution in [3.63, 3.8) is 0 Å². The molecule has 0 bridgehead atoms. The van der Waals surface area contributed by atoms with Crippen molar-refractivity contribution < 1.29 is 14.0 Å². The molecular weight excluding hydrogens is 474 g/mol. The summed E-state index contributed by atoms with van der Waals surface area (Å²) in [6.45, 7) is 2.84. The molecule has 38 heavy (non-hydrogen) atoms. The van der Waals surface area contributed by atoms with Crippen LogP contribution >= 0.6 is 0 Å². The van der Waals surface area contributed by atoms with Gasteiger partial charge in [-0.3, -0.25) is 9.59 Å². The molecule has 0 atom stereocenters. The monoisotopic (exact) mass is 505 g/mol. The highest BCUT2D eigenvalue weighted by molar-refractivity contribution is 6.06. The maximum absolute atomic E-state index is 13.9. The van der Waals surface area contributed by atoms with E-state index in [1.165, 1.54) is 0 Å². The Morgan fingerprint density at radius 2 is 1.37 bits per heavy atom. The van der Waals surface area contributed by atoms with Crippen LogP contribution in [0.3, 0.4) is 0 Å². The zero-order chi connectivity index (χ0) is 26.3. The molecule has 6 heteroatoms. The summed E-state index contributed by atoms with van der Waals surface area (Å²) in [4.78, 5) is 28.2. The molecule has 0 fully saturated rings. The summed E-state index contributed by atoms with van der Waals surface area (Å²) >= 11 is 0. The predicted octanol–water partition coefficient (Wildman–Crippen LogP) is 5.83. The summed E-state index contributed by atoms with van der Waals surface area (Å²) in [6, 6.07) is 29.5. The number of hydrazone groups is 1. The molecule has 0 radical (unpaired) electrons. The van der Waals surface area contributed by atoms with Crippen molar-refractivity contribution in [3.05, 3.63) is 130 Å². The van der Waals surface area contributed by atoms with E-state index < -0.39 is 0 Å². The number of carbonyl (C=O) groups excluding carboxylic acids is 2. The Labute approximate surface area is 223 Å². The van der Waals surface area contributed by atoms with Gasteiger partial charge in [0.25, 0.3) is 5.91 Å². The first-order chi connectivity index (χ1) is 18.6. The van der Waals surface area contributed by atoms with Crippen LogP contribution in [0.5, 0.6) is 0 Å². The van der Waals surface area contributed by atoms with E-state index in [9.17, 15) is 9.59 Å². The number of nitrogens with zero attached hydrogens (tertiary/aromatic N) is 2. The van der Waals surface area contributed by atoms with Crippen molar-refractivity contribution in [1.82, 2.24) is 10.3 Å². The number of benzene rings is 3. The number of furan rings is 1. The molecular formula is C32H31N3O3. The zero-order valence-corrected chi connectivity index (χ0v) is 21.5. The number of amides is 2. The van der Waals surface area contributed by atoms with E-state index in [-0.39, 0.29) is 18.2 Å². The highest BCUT2D eigenvalue weighted by atomic mass is 16.4. The summed E-state index contributed by atoms with van der Waals surface area (Å²) < 4.78 is 6.20. The van der Waals surface area contributed by atoms with Crippen molar-refractivity contribution in [2.24, 2.45) is 5.10 Å². The van der Waals surface area contributed by atoms with E-state index in [1.807, 2.05) is 103 Å². The number of carbonyl (C=O) groups is 2. The van der Waals surface area contributed by atoms with Gasteiger partial charge in [-0.15, -0.1) is 0 Å². The largest absolute Gasteiger partial charge is 0.455 e. The van der Waals surface area contributed by atoms with Gasteiger partial charge in [-0.2, -0.15) is 5.10 Å². The topological polar surface area (TPSA) is 74.9 Å². The first-order valence-electron chi connectivity index (χ1n) is 13.0. The summed E-state index contributed by atoms with van der Waals surface area (Å²) in [5, 5.41) is 4.47. The van der Waals surface area contributed by atoms with Crippen LogP contribution < -0.4 is 5.43 Å². The van der Waals surface area contributed by atoms with Crippen molar-refractivity contribution in [2.45, 2.75) is 45.7 Å². The van der Waals surface area contributed by atoms with E-state index >= 15 is 0 Å². The van der Waals surface area contributed by atoms with Gasteiger partial charge in [-0.25, -0.2) is 5.43 Å². The van der Waals surface area contributed by atoms with Gasteiger partial charge < -0.3 is 9.32 Å². The fourth-order valence-electron chi connectivity index (χ4n) is 4.89. The van der Waals surface area contributed by atoms with Gasteiger partial charge in [0.1, 0.15) is 5.76 Å². The van der Waals surface area contributed by atoms with E-state index in [2.05, 4.69) is 10.5 Å². The normalized spacial score (nSPS) is 13.7. The van der Waals surface area contributed by atoms with Crippen LogP contribution in [0.4, 0.5) is 0 Å². The lowest BCUT2D eigenvalue weighted by atomic mass is 9.93. The van der Waals surface area contributed by atoms with Crippen LogP contribution in [0.15, 0.2) is 101 Å². The van der Waals surface area contributed by atoms with Crippen molar-refractivity contribution >= 4 is 17.5 Å². The zero-order valence-electron chi connectivity index (χ0n) is 21.5. The molecule has 0 unspecified atom stereocenters. The Hall–Kier alpha value is -4.45. The third-order valence-electron chi connectivity index (χ3n) is 6.76. The van der Waals surface area contributed by atoms with Gasteiger partial charge in [0, 0.05) is 30.6 Å². The third-order valence-corrected chi connectivity index (χ3v) is 6.76. The van der Waals surface area contributed by atoms with Crippen LogP contribution in [-0.4, -0.2) is 22.4 Å². The maximum Gasteiger partial charge on any atom is 0.290 e. The first-order valence-corrected chi connectivity index (χ1v) is 13.0. The lowest BCUT2D eigenvalue weighted by Crippen LogP contribution is -2.30. The average molecular weight is 506 g/mol. The fourth-order valence-corrected chi connectivity index (χ4v) is 4.89. The van der Waals surface area contributed by atoms with Crippen LogP contribution in [0.1, 0.15) is 57.0 Å². The van der Waals surface area contributed by atoms with Gasteiger partial charge in [-0.05, 0) is 36.5 Å². The Bertz CT molecular complexity index is 1390. The van der Waals surface area contributed by atoms with Crippen LogP contribution in [0.25, 0.3) is 0 Å². The lowest BCUT2D eigenvalue weighted by molar-refractivity contribution is -0.120. The molecule has 1 aliphatic carbocycles. The summed E-state index contributed by atoms with van der Waals surface area (Å²) in [7, 11) is 0. The van der Waals surface area contributed by atoms with E-state index in [4.69, 9.17) is 4.42 Å². The molecule has 5 rings (SSSR count). The Kier molecular flexibility index (Phi) is 7.78. The molecule has 4 aromatic rings. The molecule has 6 nitrogen and oxygen atoms in total. The molecule has 0 saturated heterocycles. The molecule has 0 aliphatic heterocycles. The second-order valence-electron chi connectivity index (χ2n) is 9.60. The standard InChI is InChI=1S/C32H31N3O3/c1-23-30-27(33-34-29(36)20-24-12-5-2-6-13-24)18-11-19-28(30)38-31(23)32(37)35(21-25-14-7-3-8-15-25)22-26-16-9-4-10-17-26/h2-10,12-17H,11,18-22H2,1H3,(H,34,36)/b33-27+. The summed E-state index contributed by atoms with van der Waals surface area (Å²) in [5.74, 6) is 0.766. The molecule has 1 N–H and O–H groups in total. The number of rotatable bonds is 8. The molecule has 1 aliphatic rings. The Morgan fingerprint density at radius 3 is 1.95 bits per heavy atom. The maximum atomic E-state index is 13.9. The number of hydrogen-bond donors (Lipinski definition) is 1. The van der Waals surface area contributed by atoms with Gasteiger partial charge in [0.2, 0.25) is 5.91 Å². The van der Waals surface area contributed by atoms with Gasteiger partial charge in [0.15, 0.2) is 5.76 Å². The highest BCUT2D eigenvalue weighted by Crippen LogP contribution is 2.31. The first kappa shape index (κ1) is 25.2. The second kappa shape index (κ2) is 11.7. The van der Waals surface area contributed by atoms with E-state index in [0.29, 0.717) is 25.3 Å². The smallest absolute Gasteiger partial charge is 0.290 e. The molecule has 2 amide bonds. The molecule has 1 heterocycles. The SMILES string of the molecule is Cc1c(C(=O)N(Cc2ccccc2)Cc2ccccc2)oc2c1/C(=N/NC(=O)Cc1ccccc1)CCC2. The van der Waals surface area contributed by atoms with Crippen molar-refractivity contribution in [1.29, 1.82) is 0 Å². The summed E-state index contributed by atoms with van der Waals surface area (Å²) in [5.41, 5.74) is 8.11. The quantitative estimate of drug-likeness (QED) is 0.306. The molecule has 3 aromatic carbocycles. The molecule has 192 valence electrons. The van der Waals surface area contributed by atoms with Crippen molar-refractivity contribution in [2.75, 3.05) is 0 Å². The predicted molar refractivity (Wildman–Crippen MR) is 148 cm³/mol. The lowest BCUT2D eigenvalue weighted by Gasteiger charge is -2.22. The third kappa shape index (κ3) is 5.92. The summed E-state index contributed by atoms with van der Waals surface area (Å²) in [6.07, 6.45) is 2.55. The number of hydrogen-bond acceptors (Lipinski definition) is 4. The van der Waals surface area contributed by atoms with Gasteiger partial charge in [-0.1, -0.05) is 91.0 Å². The minimum atomic E-state index is -0.176. The number of fused-ring (bicyclic) bond motifs is 1. The number of aryl methyl sites for hydroxylation is 1. The minimum absolute atomic E-state index is 0.155. The van der Waals surface area contributed by atoms with Crippen LogP contribution in [0.2, 0.25) is 0 Å². The molecule has 0 spiro atoms. The fraction of sp³-hybridized carbons (Fsp3) is 0.219. The highest BCUT2D eigenvalue weighted by Gasteiger charge is 2.30. The molecule has 0 saturated carbocycles. The average Bonchev–Trinajstić information content (AvgIpc) is 3.29. The number of nitrogens with one attached hydrogen (secondary N) is 1. The van der Waals surface area contributed by atoms with Crippen LogP contribution in [0, 0.1) is 6.92 Å². The van der Waals surface area contributed by atoms with Gasteiger partial charge >= 0.3 is 0 Å². The molecule has 1 aromatic heterocycles. The Morgan fingerprint density at radius 1 is 0.816 bits per heavy atom. The van der Waals surface area contributed by atoms with Crippen LogP contribution in [-0.2, 0) is 30.7 Å². The van der Waals surface area contributed by atoms with E-state index in [0.717, 1.165) is 52.1 Å². The van der Waals surface area contributed by atoms with Gasteiger partial charge in [0.05, 0.1) is 12.1 Å². The van der Waals surface area contributed by atoms with Crippen molar-refractivity contribution in [3.8, 4) is 0 Å².